The van der Waals surface area contributed by atoms with Crippen LogP contribution in [0.25, 0.3) is 0 Å². The molecule has 0 amide bonds. The van der Waals surface area contributed by atoms with Crippen molar-refractivity contribution in [3.8, 4) is 0 Å². The summed E-state index contributed by atoms with van der Waals surface area (Å²) in [6.45, 7) is 1.48. The van der Waals surface area contributed by atoms with Crippen LogP contribution in [0.3, 0.4) is 0 Å². The van der Waals surface area contributed by atoms with Crippen molar-refractivity contribution in [3.05, 3.63) is 23.2 Å². The Hall–Kier alpha value is -0.930. The van der Waals surface area contributed by atoms with Crippen LogP contribution in [0.2, 0.25) is 5.02 Å². The van der Waals surface area contributed by atoms with Crippen molar-refractivity contribution < 1.29 is 5.11 Å². The van der Waals surface area contributed by atoms with E-state index in [1.165, 1.54) is 0 Å². The normalized spacial score (nSPS) is 21.6. The van der Waals surface area contributed by atoms with Gasteiger partial charge in [0.2, 0.25) is 0 Å². The highest BCUT2D eigenvalue weighted by molar-refractivity contribution is 6.33. The third kappa shape index (κ3) is 1.65. The predicted octanol–water partition coefficient (Wildman–Crippen LogP) is 1.49. The van der Waals surface area contributed by atoms with Crippen molar-refractivity contribution in [2.75, 3.05) is 23.7 Å². The maximum absolute atomic E-state index is 9.41. The lowest BCUT2D eigenvalue weighted by Gasteiger charge is -2.20. The molecule has 1 heterocycles. The Morgan fingerprint density at radius 3 is 2.93 bits per heavy atom. The fraction of sp³-hybridized carbons (Fsp3) is 0.400. The first-order valence-electron chi connectivity index (χ1n) is 4.65. The quantitative estimate of drug-likeness (QED) is 0.694. The SMILES string of the molecule is Nc1c(Cl)cccc1N1CCC(O)C1. The van der Waals surface area contributed by atoms with E-state index in [1.807, 2.05) is 12.1 Å². The predicted molar refractivity (Wildman–Crippen MR) is 58.7 cm³/mol. The lowest BCUT2D eigenvalue weighted by Crippen LogP contribution is -2.22. The first kappa shape index (κ1) is 9.62. The number of nitrogens with zero attached hydrogens (tertiary/aromatic N) is 1. The molecule has 1 atom stereocenters. The first-order valence-corrected chi connectivity index (χ1v) is 5.03. The van der Waals surface area contributed by atoms with Gasteiger partial charge in [0, 0.05) is 13.1 Å². The number of nitrogens with two attached hydrogens (primary N) is 1. The highest BCUT2D eigenvalue weighted by Crippen LogP contribution is 2.31. The lowest BCUT2D eigenvalue weighted by atomic mass is 10.2. The number of nitrogen functional groups attached to an aromatic ring is 1. The number of β-amino-alcohol motifs (C(OH)–C–C–N with tert-alkyl or cyclic N) is 1. The lowest BCUT2D eigenvalue weighted by molar-refractivity contribution is 0.198. The molecule has 1 aliphatic rings. The molecule has 1 aromatic rings. The molecule has 0 saturated carbocycles. The van der Waals surface area contributed by atoms with Crippen molar-refractivity contribution in [1.82, 2.24) is 0 Å². The number of rotatable bonds is 1. The van der Waals surface area contributed by atoms with Gasteiger partial charge in [-0.05, 0) is 18.6 Å². The van der Waals surface area contributed by atoms with Crippen molar-refractivity contribution in [2.24, 2.45) is 0 Å². The summed E-state index contributed by atoms with van der Waals surface area (Å²) in [5, 5.41) is 9.98. The average Bonchev–Trinajstić information content (AvgIpc) is 2.57. The molecule has 3 N–H and O–H groups in total. The van der Waals surface area contributed by atoms with Crippen molar-refractivity contribution in [3.63, 3.8) is 0 Å². The number of halogens is 1. The maximum atomic E-state index is 9.41. The van der Waals surface area contributed by atoms with E-state index in [1.54, 1.807) is 6.07 Å². The first-order chi connectivity index (χ1) is 6.68. The fourth-order valence-electron chi connectivity index (χ4n) is 1.76. The van der Waals surface area contributed by atoms with Gasteiger partial charge >= 0.3 is 0 Å². The van der Waals surface area contributed by atoms with Crippen LogP contribution >= 0.6 is 11.6 Å². The Balaban J connectivity index is 2.28. The minimum absolute atomic E-state index is 0.242. The molecule has 0 aromatic heterocycles. The van der Waals surface area contributed by atoms with E-state index >= 15 is 0 Å². The maximum Gasteiger partial charge on any atom is 0.0741 e. The average molecular weight is 213 g/mol. The number of hydrogen-bond acceptors (Lipinski definition) is 3. The topological polar surface area (TPSA) is 49.5 Å². The number of para-hydroxylation sites is 1. The second-order valence-corrected chi connectivity index (χ2v) is 3.97. The van der Waals surface area contributed by atoms with Crippen LogP contribution in [0.1, 0.15) is 6.42 Å². The van der Waals surface area contributed by atoms with E-state index in [4.69, 9.17) is 17.3 Å². The zero-order chi connectivity index (χ0) is 10.1. The van der Waals surface area contributed by atoms with E-state index in [2.05, 4.69) is 4.90 Å². The summed E-state index contributed by atoms with van der Waals surface area (Å²) in [6.07, 6.45) is 0.555. The van der Waals surface area contributed by atoms with Gasteiger partial charge in [-0.15, -0.1) is 0 Å². The molecule has 4 heteroatoms. The van der Waals surface area contributed by atoms with Crippen LogP contribution < -0.4 is 10.6 Å². The molecule has 0 radical (unpaired) electrons. The molecular weight excluding hydrogens is 200 g/mol. The van der Waals surface area contributed by atoms with Gasteiger partial charge in [-0.25, -0.2) is 0 Å². The summed E-state index contributed by atoms with van der Waals surface area (Å²) in [4.78, 5) is 2.06. The van der Waals surface area contributed by atoms with Crippen molar-refractivity contribution >= 4 is 23.0 Å². The van der Waals surface area contributed by atoms with Gasteiger partial charge in [-0.1, -0.05) is 17.7 Å². The molecule has 76 valence electrons. The van der Waals surface area contributed by atoms with Crippen LogP contribution in [-0.4, -0.2) is 24.3 Å². The molecule has 1 fully saturated rings. The van der Waals surface area contributed by atoms with E-state index in [9.17, 15) is 5.11 Å². The summed E-state index contributed by atoms with van der Waals surface area (Å²) in [7, 11) is 0. The third-order valence-corrected chi connectivity index (χ3v) is 2.86. The molecule has 1 saturated heterocycles. The summed E-state index contributed by atoms with van der Waals surface area (Å²) in [5.41, 5.74) is 7.38. The second-order valence-electron chi connectivity index (χ2n) is 3.56. The van der Waals surface area contributed by atoms with Crippen molar-refractivity contribution in [2.45, 2.75) is 12.5 Å². The molecule has 0 bridgehead atoms. The molecule has 14 heavy (non-hydrogen) atoms. The Labute approximate surface area is 88.1 Å². The zero-order valence-corrected chi connectivity index (χ0v) is 8.54. The molecule has 1 aliphatic heterocycles. The van der Waals surface area contributed by atoms with Crippen LogP contribution in [0, 0.1) is 0 Å². The Morgan fingerprint density at radius 1 is 1.50 bits per heavy atom. The number of anilines is 2. The smallest absolute Gasteiger partial charge is 0.0741 e. The third-order valence-electron chi connectivity index (χ3n) is 2.53. The minimum atomic E-state index is -0.242. The molecule has 0 spiro atoms. The van der Waals surface area contributed by atoms with Gasteiger partial charge < -0.3 is 15.7 Å². The summed E-state index contributed by atoms with van der Waals surface area (Å²) in [5.74, 6) is 0. The van der Waals surface area contributed by atoms with Crippen LogP contribution in [0.4, 0.5) is 11.4 Å². The van der Waals surface area contributed by atoms with E-state index in [0.717, 1.165) is 18.7 Å². The number of benzene rings is 1. The summed E-state index contributed by atoms with van der Waals surface area (Å²) in [6, 6.07) is 5.57. The highest BCUT2D eigenvalue weighted by atomic mass is 35.5. The zero-order valence-electron chi connectivity index (χ0n) is 7.78. The molecule has 2 rings (SSSR count). The van der Waals surface area contributed by atoms with Crippen LogP contribution in [0.15, 0.2) is 18.2 Å². The summed E-state index contributed by atoms with van der Waals surface area (Å²) >= 11 is 5.91. The Morgan fingerprint density at radius 2 is 2.29 bits per heavy atom. The largest absolute Gasteiger partial charge is 0.396 e. The standard InChI is InChI=1S/C10H13ClN2O/c11-8-2-1-3-9(10(8)12)13-5-4-7(14)6-13/h1-3,7,14H,4-6,12H2. The molecule has 0 aliphatic carbocycles. The highest BCUT2D eigenvalue weighted by Gasteiger charge is 2.22. The van der Waals surface area contributed by atoms with Crippen LogP contribution in [0.5, 0.6) is 0 Å². The van der Waals surface area contributed by atoms with E-state index < -0.39 is 0 Å². The van der Waals surface area contributed by atoms with Crippen LogP contribution in [-0.2, 0) is 0 Å². The number of hydrogen-bond donors (Lipinski definition) is 2. The minimum Gasteiger partial charge on any atom is -0.396 e. The van der Waals surface area contributed by atoms with E-state index in [0.29, 0.717) is 17.3 Å². The molecular formula is C10H13ClN2O. The Bertz CT molecular complexity index is 343. The van der Waals surface area contributed by atoms with Crippen molar-refractivity contribution in [1.29, 1.82) is 0 Å². The van der Waals surface area contributed by atoms with Gasteiger partial charge in [0.15, 0.2) is 0 Å². The molecule has 1 aromatic carbocycles. The van der Waals surface area contributed by atoms with Gasteiger partial charge in [0.05, 0.1) is 22.5 Å². The molecule has 3 nitrogen and oxygen atoms in total. The summed E-state index contributed by atoms with van der Waals surface area (Å²) < 4.78 is 0. The van der Waals surface area contributed by atoms with Gasteiger partial charge in [0.1, 0.15) is 0 Å². The van der Waals surface area contributed by atoms with Gasteiger partial charge in [-0.2, -0.15) is 0 Å². The van der Waals surface area contributed by atoms with Gasteiger partial charge in [-0.3, -0.25) is 0 Å². The van der Waals surface area contributed by atoms with Gasteiger partial charge in [0.25, 0.3) is 0 Å². The Kier molecular flexibility index (Phi) is 2.52. The monoisotopic (exact) mass is 212 g/mol. The van der Waals surface area contributed by atoms with E-state index in [-0.39, 0.29) is 6.10 Å². The number of aliphatic hydroxyl groups excluding tert-OH is 1. The number of aliphatic hydroxyl groups is 1. The molecule has 1 unspecified atom stereocenters. The second kappa shape index (κ2) is 3.67. The fourth-order valence-corrected chi connectivity index (χ4v) is 1.93.